The highest BCUT2D eigenvalue weighted by molar-refractivity contribution is 5.71. The second-order valence-corrected chi connectivity index (χ2v) is 4.48. The van der Waals surface area contributed by atoms with Gasteiger partial charge in [-0.2, -0.15) is 10.5 Å². The number of benzene rings is 1. The van der Waals surface area contributed by atoms with E-state index < -0.39 is 4.92 Å². The van der Waals surface area contributed by atoms with Gasteiger partial charge in [-0.1, -0.05) is 6.07 Å². The van der Waals surface area contributed by atoms with Gasteiger partial charge < -0.3 is 4.90 Å². The van der Waals surface area contributed by atoms with Crippen LogP contribution in [0.3, 0.4) is 0 Å². The van der Waals surface area contributed by atoms with Crippen LogP contribution < -0.4 is 4.90 Å². The molecule has 1 heterocycles. The van der Waals surface area contributed by atoms with Crippen LogP contribution in [0.15, 0.2) is 23.8 Å². The zero-order chi connectivity index (χ0) is 14.5. The van der Waals surface area contributed by atoms with Crippen LogP contribution in [0.25, 0.3) is 6.08 Å². The molecule has 1 fully saturated rings. The van der Waals surface area contributed by atoms with Crippen LogP contribution in [0.2, 0.25) is 0 Å². The molecule has 6 nitrogen and oxygen atoms in total. The standard InChI is InChI=1S/C14H12N4O2/c15-9-12(10-16)7-11-3-4-13(14(8-11)18(19)20)17-5-1-2-6-17/h3-4,7-8H,1-2,5-6H2. The van der Waals surface area contributed by atoms with Gasteiger partial charge in [-0.15, -0.1) is 0 Å². The molecule has 0 N–H and O–H groups in total. The van der Waals surface area contributed by atoms with E-state index in [1.54, 1.807) is 24.3 Å². The molecule has 6 heteroatoms. The average Bonchev–Trinajstić information content (AvgIpc) is 2.98. The minimum Gasteiger partial charge on any atom is -0.366 e. The smallest absolute Gasteiger partial charge is 0.293 e. The van der Waals surface area contributed by atoms with Gasteiger partial charge in [-0.05, 0) is 30.5 Å². The first kappa shape index (κ1) is 13.6. The largest absolute Gasteiger partial charge is 0.366 e. The number of anilines is 1. The van der Waals surface area contributed by atoms with Crippen molar-refractivity contribution in [3.05, 3.63) is 39.4 Å². The number of rotatable bonds is 3. The molecule has 0 aromatic heterocycles. The normalized spacial score (nSPS) is 13.4. The number of hydrogen-bond donors (Lipinski definition) is 0. The predicted molar refractivity (Wildman–Crippen MR) is 73.7 cm³/mol. The molecular formula is C14H12N4O2. The first-order valence-electron chi connectivity index (χ1n) is 6.21. The zero-order valence-corrected chi connectivity index (χ0v) is 10.7. The molecule has 1 aliphatic rings. The SMILES string of the molecule is N#CC(C#N)=Cc1ccc(N2CCCC2)c([N+](=O)[O-])c1. The Morgan fingerprint density at radius 2 is 1.95 bits per heavy atom. The molecule has 0 saturated carbocycles. The van der Waals surface area contributed by atoms with E-state index in [1.165, 1.54) is 12.1 Å². The minimum absolute atomic E-state index is 0.0101. The van der Waals surface area contributed by atoms with Gasteiger partial charge >= 0.3 is 0 Å². The van der Waals surface area contributed by atoms with E-state index in [-0.39, 0.29) is 11.3 Å². The van der Waals surface area contributed by atoms with E-state index in [0.717, 1.165) is 25.9 Å². The summed E-state index contributed by atoms with van der Waals surface area (Å²) in [4.78, 5) is 12.7. The molecule has 1 saturated heterocycles. The molecule has 0 spiro atoms. The Hall–Kier alpha value is -2.86. The number of nitriles is 2. The molecule has 0 unspecified atom stereocenters. The van der Waals surface area contributed by atoms with Gasteiger partial charge in [-0.3, -0.25) is 10.1 Å². The first-order valence-corrected chi connectivity index (χ1v) is 6.21. The van der Waals surface area contributed by atoms with Crippen LogP contribution in [0, 0.1) is 32.8 Å². The van der Waals surface area contributed by atoms with Crippen LogP contribution >= 0.6 is 0 Å². The van der Waals surface area contributed by atoms with Gasteiger partial charge in [0.25, 0.3) is 5.69 Å². The summed E-state index contributed by atoms with van der Waals surface area (Å²) in [5.74, 6) is 0. The maximum absolute atomic E-state index is 11.2. The third-order valence-electron chi connectivity index (χ3n) is 3.19. The zero-order valence-electron chi connectivity index (χ0n) is 10.7. The molecular weight excluding hydrogens is 256 g/mol. The molecule has 1 aromatic carbocycles. The molecule has 0 bridgehead atoms. The van der Waals surface area contributed by atoms with E-state index >= 15 is 0 Å². The summed E-state index contributed by atoms with van der Waals surface area (Å²) in [6.45, 7) is 1.63. The van der Waals surface area contributed by atoms with Crippen molar-refractivity contribution in [2.24, 2.45) is 0 Å². The highest BCUT2D eigenvalue weighted by Crippen LogP contribution is 2.32. The van der Waals surface area contributed by atoms with Gasteiger partial charge in [0.1, 0.15) is 23.4 Å². The van der Waals surface area contributed by atoms with Crippen molar-refractivity contribution in [1.82, 2.24) is 0 Å². The maximum Gasteiger partial charge on any atom is 0.293 e. The van der Waals surface area contributed by atoms with E-state index in [2.05, 4.69) is 0 Å². The number of nitro groups is 1. The van der Waals surface area contributed by atoms with Crippen LogP contribution in [-0.2, 0) is 0 Å². The quantitative estimate of drug-likeness (QED) is 0.477. The first-order chi connectivity index (χ1) is 9.65. The maximum atomic E-state index is 11.2. The Morgan fingerprint density at radius 3 is 2.50 bits per heavy atom. The Labute approximate surface area is 116 Å². The lowest BCUT2D eigenvalue weighted by Gasteiger charge is -2.17. The van der Waals surface area contributed by atoms with Crippen molar-refractivity contribution < 1.29 is 4.92 Å². The topological polar surface area (TPSA) is 94.0 Å². The van der Waals surface area contributed by atoms with Crippen molar-refractivity contribution in [3.8, 4) is 12.1 Å². The van der Waals surface area contributed by atoms with Crippen molar-refractivity contribution in [3.63, 3.8) is 0 Å². The Kier molecular flexibility index (Phi) is 3.97. The van der Waals surface area contributed by atoms with Crippen molar-refractivity contribution in [2.75, 3.05) is 18.0 Å². The van der Waals surface area contributed by atoms with Crippen molar-refractivity contribution in [1.29, 1.82) is 10.5 Å². The Bertz CT molecular complexity index is 630. The van der Waals surface area contributed by atoms with Gasteiger partial charge in [0.2, 0.25) is 0 Å². The van der Waals surface area contributed by atoms with Crippen molar-refractivity contribution >= 4 is 17.5 Å². The summed E-state index contributed by atoms with van der Waals surface area (Å²) < 4.78 is 0. The lowest BCUT2D eigenvalue weighted by Crippen LogP contribution is -2.18. The fourth-order valence-electron chi connectivity index (χ4n) is 2.26. The lowest BCUT2D eigenvalue weighted by molar-refractivity contribution is -0.384. The van der Waals surface area contributed by atoms with E-state index in [4.69, 9.17) is 10.5 Å². The van der Waals surface area contributed by atoms with E-state index in [9.17, 15) is 10.1 Å². The number of nitro benzene ring substituents is 1. The van der Waals surface area contributed by atoms with E-state index in [0.29, 0.717) is 11.3 Å². The Morgan fingerprint density at radius 1 is 1.30 bits per heavy atom. The second kappa shape index (κ2) is 5.85. The summed E-state index contributed by atoms with van der Waals surface area (Å²) in [5.41, 5.74) is 1.02. The van der Waals surface area contributed by atoms with Gasteiger partial charge in [0.05, 0.1) is 4.92 Å². The lowest BCUT2D eigenvalue weighted by atomic mass is 10.1. The summed E-state index contributed by atoms with van der Waals surface area (Å²) in [5, 5.41) is 28.6. The molecule has 1 aromatic rings. The van der Waals surface area contributed by atoms with Gasteiger partial charge in [-0.25, -0.2) is 0 Å². The summed E-state index contributed by atoms with van der Waals surface area (Å²) in [6, 6.07) is 8.25. The number of allylic oxidation sites excluding steroid dienone is 1. The van der Waals surface area contributed by atoms with E-state index in [1.807, 2.05) is 4.90 Å². The number of nitrogens with zero attached hydrogens (tertiary/aromatic N) is 4. The Balaban J connectivity index is 2.43. The molecule has 100 valence electrons. The second-order valence-electron chi connectivity index (χ2n) is 4.48. The van der Waals surface area contributed by atoms with Gasteiger partial charge in [0, 0.05) is 19.2 Å². The molecule has 1 aliphatic heterocycles. The monoisotopic (exact) mass is 268 g/mol. The third kappa shape index (κ3) is 2.76. The molecule has 0 radical (unpaired) electrons. The highest BCUT2D eigenvalue weighted by atomic mass is 16.6. The van der Waals surface area contributed by atoms with Crippen molar-refractivity contribution in [2.45, 2.75) is 12.8 Å². The predicted octanol–water partition coefficient (Wildman–Crippen LogP) is 2.63. The van der Waals surface area contributed by atoms with Crippen LogP contribution in [0.5, 0.6) is 0 Å². The molecule has 2 rings (SSSR count). The number of hydrogen-bond acceptors (Lipinski definition) is 5. The van der Waals surface area contributed by atoms with Crippen LogP contribution in [0.1, 0.15) is 18.4 Å². The van der Waals surface area contributed by atoms with Gasteiger partial charge in [0.15, 0.2) is 0 Å². The fraction of sp³-hybridized carbons (Fsp3) is 0.286. The molecule has 0 atom stereocenters. The summed E-state index contributed by atoms with van der Waals surface area (Å²) in [7, 11) is 0. The molecule has 20 heavy (non-hydrogen) atoms. The average molecular weight is 268 g/mol. The third-order valence-corrected chi connectivity index (χ3v) is 3.19. The summed E-state index contributed by atoms with van der Waals surface area (Å²) >= 11 is 0. The fourth-order valence-corrected chi connectivity index (χ4v) is 2.26. The highest BCUT2D eigenvalue weighted by Gasteiger charge is 2.22. The molecule has 0 amide bonds. The summed E-state index contributed by atoms with van der Waals surface area (Å²) in [6.07, 6.45) is 3.42. The van der Waals surface area contributed by atoms with Crippen LogP contribution in [-0.4, -0.2) is 18.0 Å². The minimum atomic E-state index is -0.427. The molecule has 0 aliphatic carbocycles. The van der Waals surface area contributed by atoms with Crippen LogP contribution in [0.4, 0.5) is 11.4 Å².